The van der Waals surface area contributed by atoms with Gasteiger partial charge in [0, 0.05) is 31.7 Å². The maximum Gasteiger partial charge on any atom is 0.256 e. The summed E-state index contributed by atoms with van der Waals surface area (Å²) in [6, 6.07) is 2.56. The van der Waals surface area contributed by atoms with Crippen LogP contribution in [0.4, 0.5) is 8.78 Å². The number of benzene rings is 1. The first-order valence-electron chi connectivity index (χ1n) is 10.2. The fourth-order valence-corrected chi connectivity index (χ4v) is 5.46. The number of rotatable bonds is 7. The van der Waals surface area contributed by atoms with E-state index in [9.17, 15) is 22.0 Å². The zero-order valence-electron chi connectivity index (χ0n) is 16.8. The Labute approximate surface area is 171 Å². The number of piperidine rings is 1. The monoisotopic (exact) mass is 429 g/mol. The number of sulfonamides is 1. The fraction of sp³-hybridized carbons (Fsp3) is 0.650. The van der Waals surface area contributed by atoms with Crippen LogP contribution in [0, 0.1) is 11.6 Å². The van der Waals surface area contributed by atoms with Crippen molar-refractivity contribution in [3.05, 3.63) is 35.4 Å². The summed E-state index contributed by atoms with van der Waals surface area (Å²) in [4.78, 5) is 16.5. The van der Waals surface area contributed by atoms with Gasteiger partial charge in [-0.3, -0.25) is 4.79 Å². The predicted molar refractivity (Wildman–Crippen MR) is 107 cm³/mol. The molecule has 0 bridgehead atoms. The molecule has 1 atom stereocenters. The van der Waals surface area contributed by atoms with E-state index < -0.39 is 27.6 Å². The van der Waals surface area contributed by atoms with Gasteiger partial charge in [-0.15, -0.1) is 0 Å². The van der Waals surface area contributed by atoms with E-state index in [1.165, 1.54) is 28.3 Å². The maximum absolute atomic E-state index is 14.0. The largest absolute Gasteiger partial charge is 0.337 e. The van der Waals surface area contributed by atoms with Gasteiger partial charge in [-0.2, -0.15) is 4.31 Å². The Bertz CT molecular complexity index is 828. The van der Waals surface area contributed by atoms with Crippen LogP contribution in [-0.4, -0.2) is 80.0 Å². The molecular formula is C20H29F2N3O3S. The third kappa shape index (κ3) is 5.73. The van der Waals surface area contributed by atoms with Crippen LogP contribution in [0.25, 0.3) is 0 Å². The molecule has 2 aliphatic rings. The van der Waals surface area contributed by atoms with E-state index in [1.54, 1.807) is 0 Å². The van der Waals surface area contributed by atoms with Gasteiger partial charge < -0.3 is 9.80 Å². The Balaban J connectivity index is 1.66. The van der Waals surface area contributed by atoms with Crippen molar-refractivity contribution in [1.29, 1.82) is 0 Å². The molecule has 3 rings (SSSR count). The smallest absolute Gasteiger partial charge is 0.256 e. The normalized spacial score (nSPS) is 21.1. The topological polar surface area (TPSA) is 60.9 Å². The second-order valence-electron chi connectivity index (χ2n) is 7.95. The zero-order valence-corrected chi connectivity index (χ0v) is 17.6. The molecule has 0 spiro atoms. The number of amides is 1. The molecule has 0 aromatic heterocycles. The van der Waals surface area contributed by atoms with E-state index >= 15 is 0 Å². The number of hydrogen-bond acceptors (Lipinski definition) is 4. The van der Waals surface area contributed by atoms with Crippen molar-refractivity contribution < 1.29 is 22.0 Å². The molecule has 9 heteroatoms. The van der Waals surface area contributed by atoms with E-state index in [0.29, 0.717) is 32.0 Å². The highest BCUT2D eigenvalue weighted by molar-refractivity contribution is 7.88. The van der Waals surface area contributed by atoms with Gasteiger partial charge in [-0.25, -0.2) is 17.2 Å². The molecular weight excluding hydrogens is 400 g/mol. The van der Waals surface area contributed by atoms with Crippen LogP contribution in [0.5, 0.6) is 0 Å². The molecule has 2 heterocycles. The summed E-state index contributed by atoms with van der Waals surface area (Å²) in [6.45, 7) is 4.04. The zero-order chi connectivity index (χ0) is 21.0. The lowest BCUT2D eigenvalue weighted by molar-refractivity contribution is 0.0647. The molecule has 6 nitrogen and oxygen atoms in total. The fourth-order valence-electron chi connectivity index (χ4n) is 4.28. The SMILES string of the molecule is CS(=O)(=O)N(CCCN1CCCC1)C1CCCN(C(=O)c2ccc(F)cc2F)C1. The lowest BCUT2D eigenvalue weighted by Gasteiger charge is -2.38. The first-order chi connectivity index (χ1) is 13.8. The van der Waals surface area contributed by atoms with E-state index in [-0.39, 0.29) is 18.2 Å². The van der Waals surface area contributed by atoms with Crippen molar-refractivity contribution in [3.8, 4) is 0 Å². The van der Waals surface area contributed by atoms with Gasteiger partial charge in [0.25, 0.3) is 5.91 Å². The summed E-state index contributed by atoms with van der Waals surface area (Å²) in [5, 5.41) is 0. The van der Waals surface area contributed by atoms with Crippen molar-refractivity contribution >= 4 is 15.9 Å². The Morgan fingerprint density at radius 2 is 1.90 bits per heavy atom. The van der Waals surface area contributed by atoms with Crippen LogP contribution in [0.15, 0.2) is 18.2 Å². The highest BCUT2D eigenvalue weighted by Crippen LogP contribution is 2.22. The molecule has 0 saturated carbocycles. The molecule has 2 saturated heterocycles. The average molecular weight is 430 g/mol. The van der Waals surface area contributed by atoms with Crippen molar-refractivity contribution in [3.63, 3.8) is 0 Å². The first kappa shape index (κ1) is 22.1. The molecule has 1 amide bonds. The van der Waals surface area contributed by atoms with Crippen LogP contribution >= 0.6 is 0 Å². The first-order valence-corrected chi connectivity index (χ1v) is 12.0. The summed E-state index contributed by atoms with van der Waals surface area (Å²) < 4.78 is 53.5. The third-order valence-electron chi connectivity index (χ3n) is 5.73. The van der Waals surface area contributed by atoms with Crippen LogP contribution in [0.3, 0.4) is 0 Å². The van der Waals surface area contributed by atoms with E-state index in [4.69, 9.17) is 0 Å². The van der Waals surface area contributed by atoms with Crippen molar-refractivity contribution in [2.75, 3.05) is 45.5 Å². The standard InChI is InChI=1S/C20H29F2N3O3S/c1-29(27,28)25(13-5-11-23-9-2-3-10-23)17-6-4-12-24(15-17)20(26)18-8-7-16(21)14-19(18)22/h7-8,14,17H,2-6,9-13,15H2,1H3. The molecule has 0 aliphatic carbocycles. The lowest BCUT2D eigenvalue weighted by Crippen LogP contribution is -2.52. The van der Waals surface area contributed by atoms with Crippen molar-refractivity contribution in [2.24, 2.45) is 0 Å². The van der Waals surface area contributed by atoms with Gasteiger partial charge in [0.05, 0.1) is 11.8 Å². The summed E-state index contributed by atoms with van der Waals surface area (Å²) in [5.41, 5.74) is -0.188. The maximum atomic E-state index is 14.0. The third-order valence-corrected chi connectivity index (χ3v) is 7.06. The minimum absolute atomic E-state index is 0.188. The second kappa shape index (κ2) is 9.49. The number of likely N-dealkylation sites (tertiary alicyclic amines) is 2. The quantitative estimate of drug-likeness (QED) is 0.668. The van der Waals surface area contributed by atoms with Gasteiger partial charge in [0.2, 0.25) is 10.0 Å². The van der Waals surface area contributed by atoms with E-state index in [1.807, 2.05) is 0 Å². The average Bonchev–Trinajstić information content (AvgIpc) is 3.17. The molecule has 2 aliphatic heterocycles. The molecule has 29 heavy (non-hydrogen) atoms. The number of hydrogen-bond donors (Lipinski definition) is 0. The summed E-state index contributed by atoms with van der Waals surface area (Å²) in [6.07, 6.45) is 5.61. The Morgan fingerprint density at radius 3 is 2.55 bits per heavy atom. The number of nitrogens with zero attached hydrogens (tertiary/aromatic N) is 3. The van der Waals surface area contributed by atoms with Gasteiger partial charge in [0.1, 0.15) is 11.6 Å². The highest BCUT2D eigenvalue weighted by Gasteiger charge is 2.33. The molecule has 162 valence electrons. The molecule has 1 aromatic rings. The van der Waals surface area contributed by atoms with Gasteiger partial charge >= 0.3 is 0 Å². The molecule has 1 aromatic carbocycles. The molecule has 0 N–H and O–H groups in total. The summed E-state index contributed by atoms with van der Waals surface area (Å²) in [7, 11) is -3.43. The highest BCUT2D eigenvalue weighted by atomic mass is 32.2. The van der Waals surface area contributed by atoms with Crippen LogP contribution < -0.4 is 0 Å². The van der Waals surface area contributed by atoms with Crippen LogP contribution in [0.1, 0.15) is 42.5 Å². The minimum atomic E-state index is -3.43. The Kier molecular flexibility index (Phi) is 7.23. The van der Waals surface area contributed by atoms with Gasteiger partial charge in [-0.05, 0) is 63.9 Å². The Hall–Kier alpha value is -1.58. The number of halogens is 2. The van der Waals surface area contributed by atoms with E-state index in [0.717, 1.165) is 38.2 Å². The Morgan fingerprint density at radius 1 is 1.17 bits per heavy atom. The van der Waals surface area contributed by atoms with Gasteiger partial charge in [0.15, 0.2) is 0 Å². The lowest BCUT2D eigenvalue weighted by atomic mass is 10.0. The van der Waals surface area contributed by atoms with Crippen LogP contribution in [0.2, 0.25) is 0 Å². The van der Waals surface area contributed by atoms with Gasteiger partial charge in [-0.1, -0.05) is 0 Å². The number of carbonyl (C=O) groups is 1. The summed E-state index contributed by atoms with van der Waals surface area (Å²) >= 11 is 0. The minimum Gasteiger partial charge on any atom is -0.337 e. The van der Waals surface area contributed by atoms with E-state index in [2.05, 4.69) is 4.90 Å². The predicted octanol–water partition coefficient (Wildman–Crippen LogP) is 2.32. The summed E-state index contributed by atoms with van der Waals surface area (Å²) in [5.74, 6) is -2.17. The second-order valence-corrected chi connectivity index (χ2v) is 9.88. The van der Waals surface area contributed by atoms with Crippen molar-refractivity contribution in [1.82, 2.24) is 14.1 Å². The molecule has 1 unspecified atom stereocenters. The van der Waals surface area contributed by atoms with Crippen LogP contribution in [-0.2, 0) is 10.0 Å². The number of carbonyl (C=O) groups excluding carboxylic acids is 1. The molecule has 2 fully saturated rings. The molecule has 0 radical (unpaired) electrons. The van der Waals surface area contributed by atoms with Crippen molar-refractivity contribution in [2.45, 2.75) is 38.1 Å².